The SMILES string of the molecule is O=C(O)CC1CCCCN1C(=O)c1ccc(OCc2ccccc2F)cc1. The van der Waals surface area contributed by atoms with Gasteiger partial charge in [-0.05, 0) is 49.6 Å². The minimum Gasteiger partial charge on any atom is -0.489 e. The van der Waals surface area contributed by atoms with E-state index in [-0.39, 0.29) is 30.8 Å². The Morgan fingerprint density at radius 2 is 1.85 bits per heavy atom. The van der Waals surface area contributed by atoms with E-state index in [0.29, 0.717) is 29.8 Å². The van der Waals surface area contributed by atoms with E-state index in [9.17, 15) is 14.0 Å². The Kier molecular flexibility index (Phi) is 6.06. The minimum atomic E-state index is -0.892. The molecule has 0 aromatic heterocycles. The van der Waals surface area contributed by atoms with Crippen molar-refractivity contribution in [2.75, 3.05) is 6.54 Å². The second-order valence-corrected chi connectivity index (χ2v) is 6.65. The van der Waals surface area contributed by atoms with E-state index in [4.69, 9.17) is 9.84 Å². The molecular formula is C21H22FNO4. The van der Waals surface area contributed by atoms with Crippen LogP contribution in [0.25, 0.3) is 0 Å². The van der Waals surface area contributed by atoms with E-state index >= 15 is 0 Å². The Morgan fingerprint density at radius 3 is 2.56 bits per heavy atom. The molecule has 0 spiro atoms. The van der Waals surface area contributed by atoms with E-state index in [1.807, 2.05) is 0 Å². The molecule has 5 nitrogen and oxygen atoms in total. The summed E-state index contributed by atoms with van der Waals surface area (Å²) < 4.78 is 19.2. The lowest BCUT2D eigenvalue weighted by Crippen LogP contribution is -2.44. The van der Waals surface area contributed by atoms with E-state index in [0.717, 1.165) is 12.8 Å². The Hall–Kier alpha value is -2.89. The second kappa shape index (κ2) is 8.66. The Balaban J connectivity index is 1.64. The predicted octanol–water partition coefficient (Wildman–Crippen LogP) is 3.87. The summed E-state index contributed by atoms with van der Waals surface area (Å²) in [6, 6.07) is 12.8. The summed E-state index contributed by atoms with van der Waals surface area (Å²) in [5, 5.41) is 9.06. The van der Waals surface area contributed by atoms with Crippen LogP contribution in [0.5, 0.6) is 5.75 Å². The van der Waals surface area contributed by atoms with Gasteiger partial charge in [0.2, 0.25) is 0 Å². The number of halogens is 1. The van der Waals surface area contributed by atoms with Crippen LogP contribution in [0.2, 0.25) is 0 Å². The summed E-state index contributed by atoms with van der Waals surface area (Å²) >= 11 is 0. The number of carbonyl (C=O) groups is 2. The number of ether oxygens (including phenoxy) is 1. The summed E-state index contributed by atoms with van der Waals surface area (Å²) in [4.78, 5) is 25.5. The maximum atomic E-state index is 13.6. The number of rotatable bonds is 6. The molecule has 6 heteroatoms. The van der Waals surface area contributed by atoms with Crippen molar-refractivity contribution in [1.29, 1.82) is 0 Å². The van der Waals surface area contributed by atoms with Crippen LogP contribution in [0.3, 0.4) is 0 Å². The number of carbonyl (C=O) groups excluding carboxylic acids is 1. The molecule has 1 N–H and O–H groups in total. The zero-order chi connectivity index (χ0) is 19.2. The fraction of sp³-hybridized carbons (Fsp3) is 0.333. The highest BCUT2D eigenvalue weighted by Crippen LogP contribution is 2.23. The van der Waals surface area contributed by atoms with Gasteiger partial charge in [-0.15, -0.1) is 0 Å². The molecule has 1 amide bonds. The zero-order valence-electron chi connectivity index (χ0n) is 14.9. The molecule has 0 bridgehead atoms. The Bertz CT molecular complexity index is 806. The molecule has 1 unspecified atom stereocenters. The average molecular weight is 371 g/mol. The Morgan fingerprint density at radius 1 is 1.11 bits per heavy atom. The van der Waals surface area contributed by atoms with Gasteiger partial charge in [-0.3, -0.25) is 9.59 Å². The van der Waals surface area contributed by atoms with Gasteiger partial charge in [0.05, 0.1) is 6.42 Å². The largest absolute Gasteiger partial charge is 0.489 e. The van der Waals surface area contributed by atoms with Gasteiger partial charge in [-0.25, -0.2) is 4.39 Å². The van der Waals surface area contributed by atoms with Crippen LogP contribution in [0, 0.1) is 5.82 Å². The molecule has 0 aliphatic carbocycles. The average Bonchev–Trinajstić information content (AvgIpc) is 2.67. The van der Waals surface area contributed by atoms with Gasteiger partial charge in [0.1, 0.15) is 18.2 Å². The standard InChI is InChI=1S/C21H22FNO4/c22-19-7-2-1-5-16(19)14-27-18-10-8-15(9-11-18)21(26)23-12-4-3-6-17(23)13-20(24)25/h1-2,5,7-11,17H,3-4,6,12-14H2,(H,24,25). The quantitative estimate of drug-likeness (QED) is 0.837. The third-order valence-corrected chi connectivity index (χ3v) is 4.75. The molecule has 0 radical (unpaired) electrons. The van der Waals surface area contributed by atoms with Crippen molar-refractivity contribution >= 4 is 11.9 Å². The lowest BCUT2D eigenvalue weighted by Gasteiger charge is -2.35. The maximum absolute atomic E-state index is 13.6. The molecule has 27 heavy (non-hydrogen) atoms. The molecule has 3 rings (SSSR count). The molecule has 1 aliphatic heterocycles. The van der Waals surface area contributed by atoms with Crippen LogP contribution >= 0.6 is 0 Å². The first-order valence-corrected chi connectivity index (χ1v) is 9.03. The number of aliphatic carboxylic acids is 1. The predicted molar refractivity (Wildman–Crippen MR) is 98.1 cm³/mol. The first kappa shape index (κ1) is 18.9. The monoisotopic (exact) mass is 371 g/mol. The summed E-state index contributed by atoms with van der Waals surface area (Å²) in [6.07, 6.45) is 2.49. The summed E-state index contributed by atoms with van der Waals surface area (Å²) in [6.45, 7) is 0.676. The van der Waals surface area contributed by atoms with Crippen molar-refractivity contribution < 1.29 is 23.8 Å². The number of carboxylic acids is 1. The highest BCUT2D eigenvalue weighted by atomic mass is 19.1. The molecule has 1 aliphatic rings. The topological polar surface area (TPSA) is 66.8 Å². The summed E-state index contributed by atoms with van der Waals surface area (Å²) in [5.74, 6) is -0.840. The lowest BCUT2D eigenvalue weighted by atomic mass is 9.98. The number of carboxylic acid groups (broad SMARTS) is 1. The summed E-state index contributed by atoms with van der Waals surface area (Å²) in [5.41, 5.74) is 0.952. The van der Waals surface area contributed by atoms with Crippen molar-refractivity contribution in [3.63, 3.8) is 0 Å². The number of hydrogen-bond acceptors (Lipinski definition) is 3. The van der Waals surface area contributed by atoms with Crippen molar-refractivity contribution in [2.24, 2.45) is 0 Å². The van der Waals surface area contributed by atoms with Gasteiger partial charge < -0.3 is 14.7 Å². The van der Waals surface area contributed by atoms with Crippen LogP contribution in [0.15, 0.2) is 48.5 Å². The van der Waals surface area contributed by atoms with Crippen molar-refractivity contribution in [2.45, 2.75) is 38.3 Å². The number of piperidine rings is 1. The van der Waals surface area contributed by atoms with Gasteiger partial charge in [-0.1, -0.05) is 18.2 Å². The number of hydrogen-bond donors (Lipinski definition) is 1. The van der Waals surface area contributed by atoms with Gasteiger partial charge in [0, 0.05) is 23.7 Å². The van der Waals surface area contributed by atoms with Crippen LogP contribution in [0.1, 0.15) is 41.6 Å². The number of nitrogens with zero attached hydrogens (tertiary/aromatic N) is 1. The molecule has 1 atom stereocenters. The number of likely N-dealkylation sites (tertiary alicyclic amines) is 1. The number of amides is 1. The molecule has 1 fully saturated rings. The highest BCUT2D eigenvalue weighted by molar-refractivity contribution is 5.94. The van der Waals surface area contributed by atoms with Gasteiger partial charge >= 0.3 is 5.97 Å². The molecular weight excluding hydrogens is 349 g/mol. The smallest absolute Gasteiger partial charge is 0.305 e. The molecule has 1 saturated heterocycles. The molecule has 0 saturated carbocycles. The summed E-state index contributed by atoms with van der Waals surface area (Å²) in [7, 11) is 0. The molecule has 2 aromatic rings. The third kappa shape index (κ3) is 4.84. The van der Waals surface area contributed by atoms with Gasteiger partial charge in [0.15, 0.2) is 0 Å². The molecule has 142 valence electrons. The van der Waals surface area contributed by atoms with Crippen LogP contribution < -0.4 is 4.74 Å². The van der Waals surface area contributed by atoms with Gasteiger partial charge in [-0.2, -0.15) is 0 Å². The number of benzene rings is 2. The van der Waals surface area contributed by atoms with E-state index in [1.54, 1.807) is 47.4 Å². The van der Waals surface area contributed by atoms with Crippen molar-refractivity contribution in [3.05, 3.63) is 65.5 Å². The third-order valence-electron chi connectivity index (χ3n) is 4.75. The highest BCUT2D eigenvalue weighted by Gasteiger charge is 2.29. The first-order valence-electron chi connectivity index (χ1n) is 9.03. The fourth-order valence-corrected chi connectivity index (χ4v) is 3.32. The molecule has 2 aromatic carbocycles. The second-order valence-electron chi connectivity index (χ2n) is 6.65. The van der Waals surface area contributed by atoms with Crippen LogP contribution in [-0.4, -0.2) is 34.5 Å². The van der Waals surface area contributed by atoms with E-state index in [1.165, 1.54) is 6.07 Å². The lowest BCUT2D eigenvalue weighted by molar-refractivity contribution is -0.138. The van der Waals surface area contributed by atoms with Crippen LogP contribution in [-0.2, 0) is 11.4 Å². The zero-order valence-corrected chi connectivity index (χ0v) is 14.9. The minimum absolute atomic E-state index is 0.0322. The normalized spacial score (nSPS) is 16.8. The van der Waals surface area contributed by atoms with Crippen LogP contribution in [0.4, 0.5) is 4.39 Å². The maximum Gasteiger partial charge on any atom is 0.305 e. The van der Waals surface area contributed by atoms with E-state index in [2.05, 4.69) is 0 Å². The Labute approximate surface area is 157 Å². The molecule has 1 heterocycles. The van der Waals surface area contributed by atoms with Crippen molar-refractivity contribution in [3.8, 4) is 5.75 Å². The van der Waals surface area contributed by atoms with Crippen molar-refractivity contribution in [1.82, 2.24) is 4.90 Å². The van der Waals surface area contributed by atoms with E-state index < -0.39 is 5.97 Å². The van der Waals surface area contributed by atoms with Gasteiger partial charge in [0.25, 0.3) is 5.91 Å². The first-order chi connectivity index (χ1) is 13.0. The fourth-order valence-electron chi connectivity index (χ4n) is 3.32.